The van der Waals surface area contributed by atoms with Crippen LogP contribution in [0.4, 0.5) is 0 Å². The van der Waals surface area contributed by atoms with Crippen molar-refractivity contribution in [2.45, 2.75) is 57.5 Å². The van der Waals surface area contributed by atoms with Crippen LogP contribution in [0.5, 0.6) is 0 Å². The molecule has 2 rings (SSSR count). The summed E-state index contributed by atoms with van der Waals surface area (Å²) in [4.78, 5) is 24.7. The molecule has 2 aliphatic rings. The molecule has 2 heterocycles. The lowest BCUT2D eigenvalue weighted by atomic mass is 9.91. The lowest BCUT2D eigenvalue weighted by Crippen LogP contribution is -2.47. The van der Waals surface area contributed by atoms with Crippen LogP contribution < -0.4 is 0 Å². The van der Waals surface area contributed by atoms with Gasteiger partial charge >= 0.3 is 5.97 Å². The SMILES string of the molecule is CC1CCCCC(=O)N2[C@@H]1CC[C@H]2C(=O)O. The van der Waals surface area contributed by atoms with Crippen molar-refractivity contribution in [2.24, 2.45) is 5.92 Å². The first-order valence-electron chi connectivity index (χ1n) is 6.15. The fourth-order valence-electron chi connectivity index (χ4n) is 3.06. The Labute approximate surface area is 95.6 Å². The number of carboxylic acids is 1. The molecule has 0 saturated carbocycles. The molecular formula is C12H19NO3. The van der Waals surface area contributed by atoms with Crippen LogP contribution in [0.25, 0.3) is 0 Å². The summed E-state index contributed by atoms with van der Waals surface area (Å²) in [6.45, 7) is 2.14. The van der Waals surface area contributed by atoms with E-state index in [1.165, 1.54) is 0 Å². The standard InChI is InChI=1S/C12H19NO3/c1-8-4-2-3-5-11(14)13-9(8)6-7-10(13)12(15)16/h8-10H,2-7H2,1H3,(H,15,16)/t8?,9-,10+/m1/s1. The summed E-state index contributed by atoms with van der Waals surface area (Å²) < 4.78 is 0. The van der Waals surface area contributed by atoms with Crippen molar-refractivity contribution in [3.63, 3.8) is 0 Å². The summed E-state index contributed by atoms with van der Waals surface area (Å²) in [5, 5.41) is 9.12. The summed E-state index contributed by atoms with van der Waals surface area (Å²) in [6, 6.07) is -0.410. The largest absolute Gasteiger partial charge is 0.480 e. The number of amides is 1. The molecule has 2 aliphatic heterocycles. The van der Waals surface area contributed by atoms with E-state index in [-0.39, 0.29) is 11.9 Å². The van der Waals surface area contributed by atoms with Crippen molar-refractivity contribution in [1.29, 1.82) is 0 Å². The van der Waals surface area contributed by atoms with Crippen LogP contribution in [0.15, 0.2) is 0 Å². The molecule has 90 valence electrons. The van der Waals surface area contributed by atoms with Gasteiger partial charge in [-0.1, -0.05) is 13.3 Å². The molecule has 1 N–H and O–H groups in total. The number of rotatable bonds is 1. The van der Waals surface area contributed by atoms with E-state index >= 15 is 0 Å². The van der Waals surface area contributed by atoms with Gasteiger partial charge < -0.3 is 10.0 Å². The van der Waals surface area contributed by atoms with E-state index in [1.807, 2.05) is 0 Å². The highest BCUT2D eigenvalue weighted by Crippen LogP contribution is 2.34. The Balaban J connectivity index is 2.21. The molecule has 0 aliphatic carbocycles. The fourth-order valence-corrected chi connectivity index (χ4v) is 3.06. The first-order chi connectivity index (χ1) is 7.61. The Morgan fingerprint density at radius 2 is 2.06 bits per heavy atom. The van der Waals surface area contributed by atoms with Gasteiger partial charge in [-0.15, -0.1) is 0 Å². The number of fused-ring (bicyclic) bond motifs is 1. The zero-order chi connectivity index (χ0) is 11.7. The molecule has 0 aromatic carbocycles. The highest BCUT2D eigenvalue weighted by Gasteiger charge is 2.43. The number of hydrogen-bond donors (Lipinski definition) is 1. The van der Waals surface area contributed by atoms with Crippen LogP contribution in [0.2, 0.25) is 0 Å². The highest BCUT2D eigenvalue weighted by molar-refractivity contribution is 5.84. The van der Waals surface area contributed by atoms with Gasteiger partial charge in [-0.2, -0.15) is 0 Å². The zero-order valence-electron chi connectivity index (χ0n) is 9.69. The molecule has 2 saturated heterocycles. The third-order valence-electron chi connectivity index (χ3n) is 3.96. The molecule has 16 heavy (non-hydrogen) atoms. The third-order valence-corrected chi connectivity index (χ3v) is 3.96. The van der Waals surface area contributed by atoms with Gasteiger partial charge in [0.2, 0.25) is 5.91 Å². The van der Waals surface area contributed by atoms with Gasteiger partial charge in [0.15, 0.2) is 0 Å². The number of nitrogens with zero attached hydrogens (tertiary/aromatic N) is 1. The first kappa shape index (κ1) is 11.4. The van der Waals surface area contributed by atoms with E-state index in [2.05, 4.69) is 6.92 Å². The highest BCUT2D eigenvalue weighted by atomic mass is 16.4. The zero-order valence-corrected chi connectivity index (χ0v) is 9.69. The second-order valence-electron chi connectivity index (χ2n) is 5.02. The van der Waals surface area contributed by atoms with Gasteiger partial charge in [0.1, 0.15) is 6.04 Å². The smallest absolute Gasteiger partial charge is 0.326 e. The normalized spacial score (nSPS) is 35.4. The van der Waals surface area contributed by atoms with E-state index in [9.17, 15) is 9.59 Å². The third kappa shape index (κ3) is 1.93. The average molecular weight is 225 g/mol. The molecular weight excluding hydrogens is 206 g/mol. The predicted molar refractivity (Wildman–Crippen MR) is 58.9 cm³/mol. The van der Waals surface area contributed by atoms with Gasteiger partial charge in [0, 0.05) is 12.5 Å². The van der Waals surface area contributed by atoms with Crippen molar-refractivity contribution in [3.05, 3.63) is 0 Å². The average Bonchev–Trinajstić information content (AvgIpc) is 2.66. The maximum atomic E-state index is 12.0. The number of carbonyl (C=O) groups excluding carboxylic acids is 1. The maximum absolute atomic E-state index is 12.0. The van der Waals surface area contributed by atoms with E-state index in [0.717, 1.165) is 25.7 Å². The Bertz CT molecular complexity index is 303. The van der Waals surface area contributed by atoms with E-state index in [1.54, 1.807) is 4.90 Å². The molecule has 0 aromatic heterocycles. The summed E-state index contributed by atoms with van der Waals surface area (Å²) in [5.74, 6) is -0.362. The fraction of sp³-hybridized carbons (Fsp3) is 0.833. The minimum Gasteiger partial charge on any atom is -0.480 e. The summed E-state index contributed by atoms with van der Waals surface area (Å²) in [6.07, 6.45) is 5.10. The van der Waals surface area contributed by atoms with Crippen LogP contribution in [-0.4, -0.2) is 34.0 Å². The van der Waals surface area contributed by atoms with Crippen LogP contribution in [0.3, 0.4) is 0 Å². The molecule has 2 fully saturated rings. The Hall–Kier alpha value is -1.06. The maximum Gasteiger partial charge on any atom is 0.326 e. The van der Waals surface area contributed by atoms with E-state index in [4.69, 9.17) is 5.11 Å². The molecule has 1 amide bonds. The lowest BCUT2D eigenvalue weighted by Gasteiger charge is -2.34. The first-order valence-corrected chi connectivity index (χ1v) is 6.15. The van der Waals surface area contributed by atoms with Crippen molar-refractivity contribution in [2.75, 3.05) is 0 Å². The molecule has 3 atom stereocenters. The summed E-state index contributed by atoms with van der Waals surface area (Å²) >= 11 is 0. The van der Waals surface area contributed by atoms with Gasteiger partial charge in [0.25, 0.3) is 0 Å². The minimum atomic E-state index is -0.844. The summed E-state index contributed by atoms with van der Waals surface area (Å²) in [5.41, 5.74) is 0. The van der Waals surface area contributed by atoms with Crippen LogP contribution in [-0.2, 0) is 9.59 Å². The van der Waals surface area contributed by atoms with Gasteiger partial charge in [-0.25, -0.2) is 4.79 Å². The number of carboxylic acid groups (broad SMARTS) is 1. The summed E-state index contributed by atoms with van der Waals surface area (Å²) in [7, 11) is 0. The Kier molecular flexibility index (Phi) is 3.17. The van der Waals surface area contributed by atoms with Crippen LogP contribution in [0.1, 0.15) is 45.4 Å². The van der Waals surface area contributed by atoms with Crippen molar-refractivity contribution < 1.29 is 14.7 Å². The van der Waals surface area contributed by atoms with Crippen molar-refractivity contribution in [3.8, 4) is 0 Å². The van der Waals surface area contributed by atoms with E-state index < -0.39 is 12.0 Å². The number of carbonyl (C=O) groups is 2. The Morgan fingerprint density at radius 3 is 2.75 bits per heavy atom. The quantitative estimate of drug-likeness (QED) is 0.738. The van der Waals surface area contributed by atoms with Gasteiger partial charge in [-0.05, 0) is 31.6 Å². The number of aliphatic carboxylic acids is 1. The predicted octanol–water partition coefficient (Wildman–Crippen LogP) is 1.64. The molecule has 0 bridgehead atoms. The monoisotopic (exact) mass is 225 g/mol. The van der Waals surface area contributed by atoms with Crippen molar-refractivity contribution in [1.82, 2.24) is 4.90 Å². The molecule has 4 nitrogen and oxygen atoms in total. The second-order valence-corrected chi connectivity index (χ2v) is 5.02. The molecule has 0 radical (unpaired) electrons. The lowest BCUT2D eigenvalue weighted by molar-refractivity contribution is -0.150. The topological polar surface area (TPSA) is 57.6 Å². The minimum absolute atomic E-state index is 0.0430. The van der Waals surface area contributed by atoms with E-state index in [0.29, 0.717) is 18.8 Å². The molecule has 0 spiro atoms. The van der Waals surface area contributed by atoms with Crippen LogP contribution in [0, 0.1) is 5.92 Å². The Morgan fingerprint density at radius 1 is 1.31 bits per heavy atom. The van der Waals surface area contributed by atoms with Crippen LogP contribution >= 0.6 is 0 Å². The second kappa shape index (κ2) is 4.44. The molecule has 1 unspecified atom stereocenters. The number of hydrogen-bond acceptors (Lipinski definition) is 2. The molecule has 0 aromatic rings. The van der Waals surface area contributed by atoms with Gasteiger partial charge in [-0.3, -0.25) is 4.79 Å². The van der Waals surface area contributed by atoms with Crippen molar-refractivity contribution >= 4 is 11.9 Å². The van der Waals surface area contributed by atoms with Gasteiger partial charge in [0.05, 0.1) is 0 Å². The molecule has 4 heteroatoms.